The summed E-state index contributed by atoms with van der Waals surface area (Å²) < 4.78 is 0. The third-order valence-electron chi connectivity index (χ3n) is 4.55. The van der Waals surface area contributed by atoms with E-state index >= 15 is 0 Å². The Labute approximate surface area is 144 Å². The minimum atomic E-state index is 0.601. The topological polar surface area (TPSA) is 60.1 Å². The summed E-state index contributed by atoms with van der Waals surface area (Å²) in [5, 5.41) is 18.1. The summed E-state index contributed by atoms with van der Waals surface area (Å²) in [7, 11) is 0. The fourth-order valence-electron chi connectivity index (χ4n) is 3.01. The maximum Gasteiger partial charge on any atom is 0.0193 e. The second-order valence-electron chi connectivity index (χ2n) is 6.74. The van der Waals surface area contributed by atoms with Crippen molar-refractivity contribution in [2.24, 2.45) is 0 Å². The molecule has 138 valence electrons. The van der Waals surface area contributed by atoms with E-state index in [4.69, 9.17) is 0 Å². The fraction of sp³-hybridized carbons (Fsp3) is 1.00. The molecule has 0 saturated carbocycles. The highest BCUT2D eigenvalue weighted by Gasteiger charge is 2.12. The van der Waals surface area contributed by atoms with Crippen molar-refractivity contribution in [3.8, 4) is 0 Å². The first-order chi connectivity index (χ1) is 11.4. The maximum absolute atomic E-state index is 3.82. The summed E-state index contributed by atoms with van der Waals surface area (Å²) in [6, 6.07) is 1.20. The van der Waals surface area contributed by atoms with Gasteiger partial charge in [0.05, 0.1) is 0 Å². The van der Waals surface area contributed by atoms with Crippen LogP contribution >= 0.6 is 0 Å². The van der Waals surface area contributed by atoms with E-state index < -0.39 is 0 Å². The molecule has 1 aliphatic rings. The van der Waals surface area contributed by atoms with Crippen LogP contribution < -0.4 is 26.6 Å². The van der Waals surface area contributed by atoms with Crippen molar-refractivity contribution in [2.75, 3.05) is 52.4 Å². The molecule has 1 rings (SSSR count). The van der Waals surface area contributed by atoms with Crippen LogP contribution in [0.15, 0.2) is 0 Å². The highest BCUT2D eigenvalue weighted by atomic mass is 15.1. The minimum absolute atomic E-state index is 0.601. The zero-order valence-electron chi connectivity index (χ0n) is 15.6. The van der Waals surface area contributed by atoms with Crippen molar-refractivity contribution in [1.82, 2.24) is 26.6 Å². The van der Waals surface area contributed by atoms with Crippen LogP contribution in [0.5, 0.6) is 0 Å². The Balaban J connectivity index is 2.44. The van der Waals surface area contributed by atoms with Crippen LogP contribution in [-0.4, -0.2) is 64.4 Å². The first-order valence-electron chi connectivity index (χ1n) is 9.95. The first-order valence-corrected chi connectivity index (χ1v) is 9.95. The Bertz CT molecular complexity index is 226. The van der Waals surface area contributed by atoms with E-state index in [0.29, 0.717) is 12.1 Å². The normalized spacial score (nSPS) is 26.3. The Hall–Kier alpha value is -0.200. The molecular weight excluding hydrogens is 286 g/mol. The average molecular weight is 328 g/mol. The van der Waals surface area contributed by atoms with E-state index in [1.54, 1.807) is 0 Å². The molecule has 0 aromatic heterocycles. The molecule has 0 radical (unpaired) electrons. The number of hydrogen-bond donors (Lipinski definition) is 5. The lowest BCUT2D eigenvalue weighted by molar-refractivity contribution is 0.380. The van der Waals surface area contributed by atoms with E-state index in [0.717, 1.165) is 52.4 Å². The summed E-state index contributed by atoms with van der Waals surface area (Å²) in [6.45, 7) is 13.1. The van der Waals surface area contributed by atoms with Gasteiger partial charge in [0.1, 0.15) is 0 Å². The smallest absolute Gasteiger partial charge is 0.0193 e. The minimum Gasteiger partial charge on any atom is -0.314 e. The van der Waals surface area contributed by atoms with Crippen molar-refractivity contribution in [3.63, 3.8) is 0 Å². The van der Waals surface area contributed by atoms with Crippen LogP contribution in [0.1, 0.15) is 52.4 Å². The molecule has 0 bridgehead atoms. The molecule has 0 aliphatic carbocycles. The molecule has 1 aliphatic heterocycles. The number of unbranched alkanes of at least 4 members (excludes halogenated alkanes) is 2. The van der Waals surface area contributed by atoms with Crippen LogP contribution in [0.3, 0.4) is 0 Å². The molecule has 1 fully saturated rings. The van der Waals surface area contributed by atoms with Gasteiger partial charge in [0, 0.05) is 64.4 Å². The highest BCUT2D eigenvalue weighted by molar-refractivity contribution is 4.77. The molecule has 2 atom stereocenters. The van der Waals surface area contributed by atoms with Gasteiger partial charge in [-0.1, -0.05) is 39.5 Å². The molecule has 0 amide bonds. The van der Waals surface area contributed by atoms with Crippen molar-refractivity contribution in [3.05, 3.63) is 0 Å². The van der Waals surface area contributed by atoms with Gasteiger partial charge in [0.2, 0.25) is 0 Å². The van der Waals surface area contributed by atoms with Gasteiger partial charge in [-0.15, -0.1) is 0 Å². The molecule has 1 heterocycles. The lowest BCUT2D eigenvalue weighted by atomic mass is 10.1. The average Bonchev–Trinajstić information content (AvgIpc) is 2.58. The molecule has 0 spiro atoms. The van der Waals surface area contributed by atoms with E-state index in [2.05, 4.69) is 40.4 Å². The second kappa shape index (κ2) is 15.3. The Morgan fingerprint density at radius 1 is 0.609 bits per heavy atom. The van der Waals surface area contributed by atoms with Gasteiger partial charge >= 0.3 is 0 Å². The van der Waals surface area contributed by atoms with Crippen molar-refractivity contribution >= 4 is 0 Å². The third kappa shape index (κ3) is 11.9. The summed E-state index contributed by atoms with van der Waals surface area (Å²) in [4.78, 5) is 0. The van der Waals surface area contributed by atoms with Gasteiger partial charge in [-0.05, 0) is 12.8 Å². The highest BCUT2D eigenvalue weighted by Crippen LogP contribution is 2.03. The maximum atomic E-state index is 3.82. The van der Waals surface area contributed by atoms with Crippen LogP contribution in [0.2, 0.25) is 0 Å². The van der Waals surface area contributed by atoms with E-state index in [-0.39, 0.29) is 0 Å². The Morgan fingerprint density at radius 3 is 1.74 bits per heavy atom. The summed E-state index contributed by atoms with van der Waals surface area (Å²) in [5.41, 5.74) is 0. The quantitative estimate of drug-likeness (QED) is 0.505. The van der Waals surface area contributed by atoms with Gasteiger partial charge in [0.25, 0.3) is 0 Å². The van der Waals surface area contributed by atoms with Crippen LogP contribution in [0, 0.1) is 0 Å². The molecule has 0 aromatic carbocycles. The van der Waals surface area contributed by atoms with Gasteiger partial charge in [0.15, 0.2) is 0 Å². The SMILES string of the molecule is CCCC[C@@H]1CN[C@@H](CCCC)CNCCNCCNCCN1. The van der Waals surface area contributed by atoms with E-state index in [9.17, 15) is 0 Å². The molecule has 5 heteroatoms. The molecule has 1 saturated heterocycles. The largest absolute Gasteiger partial charge is 0.314 e. The van der Waals surface area contributed by atoms with Gasteiger partial charge in [-0.25, -0.2) is 0 Å². The molecule has 0 unspecified atom stereocenters. The van der Waals surface area contributed by atoms with Crippen LogP contribution in [0.4, 0.5) is 0 Å². The Morgan fingerprint density at radius 2 is 1.13 bits per heavy atom. The van der Waals surface area contributed by atoms with Crippen molar-refractivity contribution in [2.45, 2.75) is 64.5 Å². The molecule has 23 heavy (non-hydrogen) atoms. The fourth-order valence-corrected chi connectivity index (χ4v) is 3.01. The summed E-state index contributed by atoms with van der Waals surface area (Å²) in [5.74, 6) is 0. The van der Waals surface area contributed by atoms with Gasteiger partial charge < -0.3 is 26.6 Å². The third-order valence-corrected chi connectivity index (χ3v) is 4.55. The summed E-state index contributed by atoms with van der Waals surface area (Å²) in [6.07, 6.45) is 7.74. The monoisotopic (exact) mass is 327 g/mol. The summed E-state index contributed by atoms with van der Waals surface area (Å²) >= 11 is 0. The zero-order chi connectivity index (χ0) is 16.6. The lowest BCUT2D eigenvalue weighted by Crippen LogP contribution is -2.47. The lowest BCUT2D eigenvalue weighted by Gasteiger charge is -2.24. The number of hydrogen-bond acceptors (Lipinski definition) is 5. The van der Waals surface area contributed by atoms with Crippen LogP contribution in [-0.2, 0) is 0 Å². The van der Waals surface area contributed by atoms with Crippen molar-refractivity contribution < 1.29 is 0 Å². The molecule has 5 N–H and O–H groups in total. The predicted molar refractivity (Wildman–Crippen MR) is 101 cm³/mol. The number of nitrogens with one attached hydrogen (secondary N) is 5. The Kier molecular flexibility index (Phi) is 13.9. The second-order valence-corrected chi connectivity index (χ2v) is 6.74. The predicted octanol–water partition coefficient (Wildman–Crippen LogP) is 1.07. The number of rotatable bonds is 6. The van der Waals surface area contributed by atoms with Gasteiger partial charge in [-0.2, -0.15) is 0 Å². The van der Waals surface area contributed by atoms with E-state index in [1.807, 2.05) is 0 Å². The molecule has 5 nitrogen and oxygen atoms in total. The van der Waals surface area contributed by atoms with Gasteiger partial charge in [-0.3, -0.25) is 0 Å². The first kappa shape index (κ1) is 20.8. The van der Waals surface area contributed by atoms with E-state index in [1.165, 1.54) is 38.5 Å². The zero-order valence-corrected chi connectivity index (χ0v) is 15.6. The molecule has 0 aromatic rings. The molecular formula is C18H41N5. The van der Waals surface area contributed by atoms with Crippen LogP contribution in [0.25, 0.3) is 0 Å². The standard InChI is InChI=1S/C18H41N5/c1-3-5-7-17-15-21-12-11-19-9-10-20-13-14-22-18(16-23-17)8-6-4-2/h17-23H,3-16H2,1-2H3/t17-,18+/m0/s1. The van der Waals surface area contributed by atoms with Crippen molar-refractivity contribution in [1.29, 1.82) is 0 Å².